The van der Waals surface area contributed by atoms with Crippen molar-refractivity contribution in [3.05, 3.63) is 22.5 Å². The van der Waals surface area contributed by atoms with E-state index in [0.29, 0.717) is 6.54 Å². The molecule has 6 nitrogen and oxygen atoms in total. The molecule has 2 rings (SSSR count). The third-order valence-electron chi connectivity index (χ3n) is 2.25. The van der Waals surface area contributed by atoms with Crippen LogP contribution in [0, 0.1) is 10.1 Å². The molecular weight excluding hydrogens is 186 g/mol. The van der Waals surface area contributed by atoms with Gasteiger partial charge < -0.3 is 4.74 Å². The van der Waals surface area contributed by atoms with Crippen molar-refractivity contribution in [1.82, 2.24) is 9.78 Å². The molecule has 14 heavy (non-hydrogen) atoms. The summed E-state index contributed by atoms with van der Waals surface area (Å²) in [4.78, 5) is 9.93. The fraction of sp³-hybridized carbons (Fsp3) is 0.625. The van der Waals surface area contributed by atoms with E-state index in [0.717, 1.165) is 19.4 Å². The van der Waals surface area contributed by atoms with Crippen LogP contribution in [0.5, 0.6) is 0 Å². The fourth-order valence-corrected chi connectivity index (χ4v) is 1.54. The van der Waals surface area contributed by atoms with Gasteiger partial charge >= 0.3 is 5.69 Å². The van der Waals surface area contributed by atoms with E-state index in [2.05, 4.69) is 5.10 Å². The van der Waals surface area contributed by atoms with Crippen LogP contribution < -0.4 is 0 Å². The second-order valence-corrected chi connectivity index (χ2v) is 3.31. The van der Waals surface area contributed by atoms with E-state index in [4.69, 9.17) is 4.74 Å². The van der Waals surface area contributed by atoms with E-state index < -0.39 is 4.92 Å². The Morgan fingerprint density at radius 1 is 1.79 bits per heavy atom. The maximum atomic E-state index is 10.4. The first kappa shape index (κ1) is 9.14. The molecule has 0 aromatic carbocycles. The Hall–Kier alpha value is -1.43. The normalized spacial score (nSPS) is 21.3. The van der Waals surface area contributed by atoms with E-state index in [-0.39, 0.29) is 11.8 Å². The van der Waals surface area contributed by atoms with Gasteiger partial charge in [0.05, 0.1) is 17.6 Å². The van der Waals surface area contributed by atoms with Crippen LogP contribution >= 0.6 is 0 Å². The first-order valence-corrected chi connectivity index (χ1v) is 4.54. The van der Waals surface area contributed by atoms with Gasteiger partial charge in [0.2, 0.25) is 0 Å². The highest BCUT2D eigenvalue weighted by Crippen LogP contribution is 2.15. The molecule has 0 saturated carbocycles. The van der Waals surface area contributed by atoms with Crippen molar-refractivity contribution in [3.63, 3.8) is 0 Å². The predicted molar refractivity (Wildman–Crippen MR) is 47.9 cm³/mol. The number of aromatic nitrogens is 2. The Kier molecular flexibility index (Phi) is 2.45. The lowest BCUT2D eigenvalue weighted by molar-refractivity contribution is -0.385. The number of nitrogens with zero attached hydrogens (tertiary/aromatic N) is 3. The largest absolute Gasteiger partial charge is 0.376 e. The van der Waals surface area contributed by atoms with Crippen molar-refractivity contribution in [2.45, 2.75) is 25.5 Å². The Morgan fingerprint density at radius 2 is 2.64 bits per heavy atom. The van der Waals surface area contributed by atoms with Gasteiger partial charge in [0.1, 0.15) is 12.4 Å². The highest BCUT2D eigenvalue weighted by molar-refractivity contribution is 5.20. The van der Waals surface area contributed by atoms with Gasteiger partial charge in [-0.05, 0) is 12.8 Å². The van der Waals surface area contributed by atoms with E-state index in [1.165, 1.54) is 12.4 Å². The summed E-state index contributed by atoms with van der Waals surface area (Å²) in [5.74, 6) is 0. The molecule has 0 spiro atoms. The monoisotopic (exact) mass is 197 g/mol. The molecule has 1 aromatic rings. The summed E-state index contributed by atoms with van der Waals surface area (Å²) >= 11 is 0. The lowest BCUT2D eigenvalue weighted by atomic mass is 10.2. The highest BCUT2D eigenvalue weighted by atomic mass is 16.6. The fourth-order valence-electron chi connectivity index (χ4n) is 1.54. The van der Waals surface area contributed by atoms with Crippen LogP contribution in [0.1, 0.15) is 12.8 Å². The highest BCUT2D eigenvalue weighted by Gasteiger charge is 2.17. The maximum Gasteiger partial charge on any atom is 0.306 e. The zero-order valence-electron chi connectivity index (χ0n) is 7.63. The second-order valence-electron chi connectivity index (χ2n) is 3.31. The van der Waals surface area contributed by atoms with Gasteiger partial charge in [-0.1, -0.05) is 0 Å². The number of hydrogen-bond acceptors (Lipinski definition) is 4. The molecule has 1 aliphatic rings. The molecule has 1 saturated heterocycles. The van der Waals surface area contributed by atoms with Crippen LogP contribution in [0.25, 0.3) is 0 Å². The summed E-state index contributed by atoms with van der Waals surface area (Å²) in [5, 5.41) is 14.3. The van der Waals surface area contributed by atoms with Crippen LogP contribution in [-0.2, 0) is 11.3 Å². The number of rotatable bonds is 3. The van der Waals surface area contributed by atoms with E-state index in [1.54, 1.807) is 4.68 Å². The second kappa shape index (κ2) is 3.75. The molecular formula is C8H11N3O3. The third-order valence-corrected chi connectivity index (χ3v) is 2.25. The molecule has 1 fully saturated rings. The molecule has 76 valence electrons. The van der Waals surface area contributed by atoms with E-state index >= 15 is 0 Å². The average Bonchev–Trinajstić information content (AvgIpc) is 2.75. The Balaban J connectivity index is 1.98. The van der Waals surface area contributed by atoms with Gasteiger partial charge in [-0.2, -0.15) is 5.10 Å². The topological polar surface area (TPSA) is 70.2 Å². The lowest BCUT2D eigenvalue weighted by Gasteiger charge is -2.07. The van der Waals surface area contributed by atoms with Gasteiger partial charge in [0, 0.05) is 6.61 Å². The summed E-state index contributed by atoms with van der Waals surface area (Å²) in [6.45, 7) is 1.39. The summed E-state index contributed by atoms with van der Waals surface area (Å²) in [7, 11) is 0. The van der Waals surface area contributed by atoms with E-state index in [1.807, 2.05) is 0 Å². The van der Waals surface area contributed by atoms with Crippen molar-refractivity contribution in [1.29, 1.82) is 0 Å². The molecule has 1 atom stereocenters. The third kappa shape index (κ3) is 1.90. The molecule has 6 heteroatoms. The van der Waals surface area contributed by atoms with Crippen LogP contribution in [0.2, 0.25) is 0 Å². The van der Waals surface area contributed by atoms with Crippen LogP contribution in [0.3, 0.4) is 0 Å². The van der Waals surface area contributed by atoms with Crippen molar-refractivity contribution in [2.24, 2.45) is 0 Å². The summed E-state index contributed by atoms with van der Waals surface area (Å²) in [5.41, 5.74) is 0.0306. The zero-order chi connectivity index (χ0) is 9.97. The van der Waals surface area contributed by atoms with Crippen molar-refractivity contribution in [2.75, 3.05) is 6.61 Å². The first-order valence-electron chi connectivity index (χ1n) is 4.54. The summed E-state index contributed by atoms with van der Waals surface area (Å²) in [6, 6.07) is 0. The van der Waals surface area contributed by atoms with Crippen LogP contribution in [0.4, 0.5) is 5.69 Å². The van der Waals surface area contributed by atoms with Gasteiger partial charge in [-0.15, -0.1) is 0 Å². The smallest absolute Gasteiger partial charge is 0.306 e. The minimum absolute atomic E-state index is 0.0306. The minimum atomic E-state index is -0.445. The quantitative estimate of drug-likeness (QED) is 0.534. The number of hydrogen-bond donors (Lipinski definition) is 0. The Bertz CT molecular complexity index is 330. The summed E-state index contributed by atoms with van der Waals surface area (Å²) < 4.78 is 6.96. The summed E-state index contributed by atoms with van der Waals surface area (Å²) in [6.07, 6.45) is 4.92. The van der Waals surface area contributed by atoms with Crippen LogP contribution in [-0.4, -0.2) is 27.4 Å². The zero-order valence-corrected chi connectivity index (χ0v) is 7.63. The molecule has 0 amide bonds. The van der Waals surface area contributed by atoms with Gasteiger partial charge in [0.25, 0.3) is 0 Å². The van der Waals surface area contributed by atoms with Crippen molar-refractivity contribution in [3.8, 4) is 0 Å². The van der Waals surface area contributed by atoms with Gasteiger partial charge in [-0.25, -0.2) is 0 Å². The SMILES string of the molecule is O=[N+]([O-])c1cnn(CC2CCCO2)c1. The minimum Gasteiger partial charge on any atom is -0.376 e. The molecule has 0 radical (unpaired) electrons. The predicted octanol–water partition coefficient (Wildman–Crippen LogP) is 0.970. The van der Waals surface area contributed by atoms with Crippen molar-refractivity contribution < 1.29 is 9.66 Å². The lowest BCUT2D eigenvalue weighted by Crippen LogP contribution is -2.15. The van der Waals surface area contributed by atoms with Gasteiger partial charge in [-0.3, -0.25) is 14.8 Å². The average molecular weight is 197 g/mol. The molecule has 1 aliphatic heterocycles. The molecule has 0 aliphatic carbocycles. The molecule has 1 unspecified atom stereocenters. The van der Waals surface area contributed by atoms with Crippen molar-refractivity contribution >= 4 is 5.69 Å². The number of nitro groups is 1. The molecule has 1 aromatic heterocycles. The number of ether oxygens (including phenoxy) is 1. The van der Waals surface area contributed by atoms with E-state index in [9.17, 15) is 10.1 Å². The molecule has 2 heterocycles. The van der Waals surface area contributed by atoms with Crippen LogP contribution in [0.15, 0.2) is 12.4 Å². The maximum absolute atomic E-state index is 10.4. The Morgan fingerprint density at radius 3 is 3.21 bits per heavy atom. The standard InChI is InChI=1S/C8H11N3O3/c12-11(13)7-4-9-10(5-7)6-8-2-1-3-14-8/h4-5,8H,1-3,6H2. The Labute approximate surface area is 80.6 Å². The molecule has 0 bridgehead atoms. The molecule has 0 N–H and O–H groups in total. The van der Waals surface area contributed by atoms with Gasteiger partial charge in [0.15, 0.2) is 0 Å². The first-order chi connectivity index (χ1) is 6.75.